The summed E-state index contributed by atoms with van der Waals surface area (Å²) >= 11 is 3.45. The van der Waals surface area contributed by atoms with Crippen LogP contribution in [0.2, 0.25) is 0 Å². The zero-order valence-electron chi connectivity index (χ0n) is 13.4. The molecule has 2 nitrogen and oxygen atoms in total. The Kier molecular flexibility index (Phi) is 9.58. The quantitative estimate of drug-likeness (QED) is 0.425. The molecular formula is C17H32BrNO. The first-order chi connectivity index (χ1) is 9.69. The molecule has 0 aromatic carbocycles. The highest BCUT2D eigenvalue weighted by Crippen LogP contribution is 2.32. The van der Waals surface area contributed by atoms with Crippen LogP contribution in [-0.4, -0.2) is 29.7 Å². The molecule has 0 unspecified atom stereocenters. The topological polar surface area (TPSA) is 20.3 Å². The Balaban J connectivity index is 2.20. The molecule has 0 atom stereocenters. The van der Waals surface area contributed by atoms with E-state index >= 15 is 0 Å². The standard InChI is InChI=1S/C17H32BrNO/c1-3-4-8-15-9-11-16(12-10-15)17(20)19(2)14-7-5-6-13-18/h15-16H,3-14H2,1-2H3. The molecule has 0 spiro atoms. The lowest BCUT2D eigenvalue weighted by Crippen LogP contribution is -2.35. The highest BCUT2D eigenvalue weighted by molar-refractivity contribution is 9.09. The molecule has 3 heteroatoms. The molecule has 0 aromatic rings. The number of unbranched alkanes of at least 4 members (excludes halogenated alkanes) is 3. The molecule has 0 bridgehead atoms. The first kappa shape index (κ1) is 18.0. The average molecular weight is 346 g/mol. The second-order valence-electron chi connectivity index (χ2n) is 6.37. The lowest BCUT2D eigenvalue weighted by Gasteiger charge is -2.30. The third-order valence-electron chi connectivity index (χ3n) is 4.67. The number of alkyl halides is 1. The Morgan fingerprint density at radius 1 is 1.10 bits per heavy atom. The predicted molar refractivity (Wildman–Crippen MR) is 90.3 cm³/mol. The lowest BCUT2D eigenvalue weighted by atomic mass is 9.79. The van der Waals surface area contributed by atoms with Gasteiger partial charge in [0.25, 0.3) is 0 Å². The highest BCUT2D eigenvalue weighted by atomic mass is 79.9. The van der Waals surface area contributed by atoms with Gasteiger partial charge in [0, 0.05) is 24.8 Å². The zero-order valence-corrected chi connectivity index (χ0v) is 15.0. The van der Waals surface area contributed by atoms with E-state index in [-0.39, 0.29) is 0 Å². The summed E-state index contributed by atoms with van der Waals surface area (Å²) in [6, 6.07) is 0. The number of amides is 1. The largest absolute Gasteiger partial charge is 0.346 e. The molecule has 0 aromatic heterocycles. The van der Waals surface area contributed by atoms with Gasteiger partial charge < -0.3 is 4.90 Å². The Bertz CT molecular complexity index is 262. The van der Waals surface area contributed by atoms with Gasteiger partial charge in [0.1, 0.15) is 0 Å². The third-order valence-corrected chi connectivity index (χ3v) is 5.23. The van der Waals surface area contributed by atoms with Gasteiger partial charge in [-0.05, 0) is 44.4 Å². The molecular weight excluding hydrogens is 314 g/mol. The summed E-state index contributed by atoms with van der Waals surface area (Å²) in [6.07, 6.45) is 12.4. The van der Waals surface area contributed by atoms with Crippen LogP contribution in [0.4, 0.5) is 0 Å². The maximum absolute atomic E-state index is 12.4. The van der Waals surface area contributed by atoms with Crippen molar-refractivity contribution in [1.82, 2.24) is 4.90 Å². The first-order valence-corrected chi connectivity index (χ1v) is 9.62. The molecule has 0 radical (unpaired) electrons. The summed E-state index contributed by atoms with van der Waals surface area (Å²) in [5.41, 5.74) is 0. The Morgan fingerprint density at radius 3 is 2.40 bits per heavy atom. The predicted octanol–water partition coefficient (Wildman–Crippen LogP) is 5.01. The molecule has 0 heterocycles. The van der Waals surface area contributed by atoms with Gasteiger partial charge in [-0.25, -0.2) is 0 Å². The van der Waals surface area contributed by atoms with Crippen molar-refractivity contribution >= 4 is 21.8 Å². The summed E-state index contributed by atoms with van der Waals surface area (Å²) in [7, 11) is 1.99. The van der Waals surface area contributed by atoms with Crippen molar-refractivity contribution in [3.8, 4) is 0 Å². The van der Waals surface area contributed by atoms with Gasteiger partial charge in [0.15, 0.2) is 0 Å². The van der Waals surface area contributed by atoms with E-state index in [1.54, 1.807) is 0 Å². The maximum Gasteiger partial charge on any atom is 0.225 e. The van der Waals surface area contributed by atoms with Crippen LogP contribution in [0.15, 0.2) is 0 Å². The SMILES string of the molecule is CCCCC1CCC(C(=O)N(C)CCCCCBr)CC1. The van der Waals surface area contributed by atoms with Crippen LogP contribution >= 0.6 is 15.9 Å². The highest BCUT2D eigenvalue weighted by Gasteiger charge is 2.27. The number of hydrogen-bond donors (Lipinski definition) is 0. The van der Waals surface area contributed by atoms with Crippen molar-refractivity contribution < 1.29 is 4.79 Å². The van der Waals surface area contributed by atoms with Crippen molar-refractivity contribution in [2.24, 2.45) is 11.8 Å². The molecule has 20 heavy (non-hydrogen) atoms. The summed E-state index contributed by atoms with van der Waals surface area (Å²) in [4.78, 5) is 14.4. The van der Waals surface area contributed by atoms with E-state index < -0.39 is 0 Å². The number of carbonyl (C=O) groups excluding carboxylic acids is 1. The molecule has 118 valence electrons. The van der Waals surface area contributed by atoms with E-state index in [1.807, 2.05) is 11.9 Å². The van der Waals surface area contributed by atoms with Crippen LogP contribution < -0.4 is 0 Å². The van der Waals surface area contributed by atoms with Crippen molar-refractivity contribution in [2.45, 2.75) is 71.1 Å². The van der Waals surface area contributed by atoms with E-state index in [1.165, 1.54) is 44.9 Å². The lowest BCUT2D eigenvalue weighted by molar-refractivity contribution is -0.135. The van der Waals surface area contributed by atoms with Crippen LogP contribution in [0.3, 0.4) is 0 Å². The Morgan fingerprint density at radius 2 is 1.80 bits per heavy atom. The van der Waals surface area contributed by atoms with Crippen LogP contribution in [0.1, 0.15) is 71.1 Å². The monoisotopic (exact) mass is 345 g/mol. The van der Waals surface area contributed by atoms with E-state index in [2.05, 4.69) is 22.9 Å². The molecule has 0 N–H and O–H groups in total. The molecule has 0 aliphatic heterocycles. The molecule has 1 fully saturated rings. The van der Waals surface area contributed by atoms with Crippen LogP contribution in [0, 0.1) is 11.8 Å². The van der Waals surface area contributed by atoms with Gasteiger partial charge in [-0.2, -0.15) is 0 Å². The van der Waals surface area contributed by atoms with Crippen molar-refractivity contribution in [2.75, 3.05) is 18.9 Å². The van der Waals surface area contributed by atoms with Crippen LogP contribution in [0.5, 0.6) is 0 Å². The fraction of sp³-hybridized carbons (Fsp3) is 0.941. The molecule has 1 rings (SSSR count). The van der Waals surface area contributed by atoms with Gasteiger partial charge in [-0.1, -0.05) is 48.5 Å². The summed E-state index contributed by atoms with van der Waals surface area (Å²) in [6.45, 7) is 3.20. The van der Waals surface area contributed by atoms with E-state index in [9.17, 15) is 4.79 Å². The number of rotatable bonds is 9. The fourth-order valence-electron chi connectivity index (χ4n) is 3.23. The van der Waals surface area contributed by atoms with Crippen LogP contribution in [-0.2, 0) is 4.79 Å². The minimum Gasteiger partial charge on any atom is -0.346 e. The minimum absolute atomic E-state index is 0.314. The third kappa shape index (κ3) is 6.60. The summed E-state index contributed by atoms with van der Waals surface area (Å²) < 4.78 is 0. The molecule has 0 saturated heterocycles. The minimum atomic E-state index is 0.314. The maximum atomic E-state index is 12.4. The number of carbonyl (C=O) groups is 1. The van der Waals surface area contributed by atoms with Crippen molar-refractivity contribution in [1.29, 1.82) is 0 Å². The molecule has 1 amide bonds. The van der Waals surface area contributed by atoms with Crippen LogP contribution in [0.25, 0.3) is 0 Å². The Labute approximate surface area is 133 Å². The fourth-order valence-corrected chi connectivity index (χ4v) is 3.63. The van der Waals surface area contributed by atoms with Crippen molar-refractivity contribution in [3.05, 3.63) is 0 Å². The summed E-state index contributed by atoms with van der Waals surface area (Å²) in [5, 5.41) is 1.08. The zero-order chi connectivity index (χ0) is 14.8. The van der Waals surface area contributed by atoms with E-state index in [0.29, 0.717) is 11.8 Å². The number of hydrogen-bond acceptors (Lipinski definition) is 1. The van der Waals surface area contributed by atoms with Gasteiger partial charge in [-0.15, -0.1) is 0 Å². The molecule has 1 aliphatic carbocycles. The van der Waals surface area contributed by atoms with E-state index in [0.717, 1.165) is 37.1 Å². The second kappa shape index (κ2) is 10.6. The number of halogens is 1. The molecule has 1 saturated carbocycles. The smallest absolute Gasteiger partial charge is 0.225 e. The van der Waals surface area contributed by atoms with E-state index in [4.69, 9.17) is 0 Å². The van der Waals surface area contributed by atoms with Gasteiger partial charge in [-0.3, -0.25) is 4.79 Å². The average Bonchev–Trinajstić information content (AvgIpc) is 2.49. The Hall–Kier alpha value is -0.0500. The van der Waals surface area contributed by atoms with Gasteiger partial charge in [0.05, 0.1) is 0 Å². The number of nitrogens with zero attached hydrogens (tertiary/aromatic N) is 1. The molecule has 1 aliphatic rings. The first-order valence-electron chi connectivity index (χ1n) is 8.50. The van der Waals surface area contributed by atoms with Gasteiger partial charge >= 0.3 is 0 Å². The van der Waals surface area contributed by atoms with Crippen molar-refractivity contribution in [3.63, 3.8) is 0 Å². The normalized spacial score (nSPS) is 22.8. The van der Waals surface area contributed by atoms with Gasteiger partial charge in [0.2, 0.25) is 5.91 Å². The summed E-state index contributed by atoms with van der Waals surface area (Å²) in [5.74, 6) is 1.61. The second-order valence-corrected chi connectivity index (χ2v) is 7.16.